The fourth-order valence-corrected chi connectivity index (χ4v) is 1.66. The first-order chi connectivity index (χ1) is 8.33. The molecule has 0 bridgehead atoms. The molecular formula is C12H20N4S. The highest BCUT2D eigenvalue weighted by atomic mass is 32.1. The lowest BCUT2D eigenvalue weighted by molar-refractivity contribution is 0.627. The van der Waals surface area contributed by atoms with Crippen molar-refractivity contribution in [3.63, 3.8) is 0 Å². The zero-order chi connectivity index (χ0) is 12.3. The van der Waals surface area contributed by atoms with E-state index in [-0.39, 0.29) is 0 Å². The molecule has 0 aliphatic heterocycles. The Labute approximate surface area is 108 Å². The number of aromatic nitrogens is 3. The zero-order valence-electron chi connectivity index (χ0n) is 10.1. The van der Waals surface area contributed by atoms with Gasteiger partial charge in [0.25, 0.3) is 0 Å². The summed E-state index contributed by atoms with van der Waals surface area (Å²) in [5.41, 5.74) is 0. The Morgan fingerprint density at radius 1 is 1.18 bits per heavy atom. The van der Waals surface area contributed by atoms with Crippen molar-refractivity contribution in [3.8, 4) is 0 Å². The standard InChI is InChI=1S/C12H20N4S/c1-2-3-4-5-6-7-8-9-13-11-14-10-15-12(17)16-11/h2,10H,1,3-9H2,(H2,13,14,15,16,17). The third-order valence-corrected chi connectivity index (χ3v) is 2.64. The summed E-state index contributed by atoms with van der Waals surface area (Å²) in [5.74, 6) is 0.608. The van der Waals surface area contributed by atoms with Crippen LogP contribution in [0.25, 0.3) is 0 Å². The molecule has 17 heavy (non-hydrogen) atoms. The van der Waals surface area contributed by atoms with Gasteiger partial charge in [-0.3, -0.25) is 0 Å². The van der Waals surface area contributed by atoms with E-state index >= 15 is 0 Å². The van der Waals surface area contributed by atoms with E-state index < -0.39 is 0 Å². The lowest BCUT2D eigenvalue weighted by atomic mass is 10.1. The normalized spacial score (nSPS) is 10.2. The number of thiol groups is 1. The highest BCUT2D eigenvalue weighted by Gasteiger charge is 1.96. The van der Waals surface area contributed by atoms with Crippen molar-refractivity contribution in [1.29, 1.82) is 0 Å². The Kier molecular flexibility index (Phi) is 7.38. The molecule has 0 atom stereocenters. The van der Waals surface area contributed by atoms with Crippen LogP contribution in [0.2, 0.25) is 0 Å². The van der Waals surface area contributed by atoms with Gasteiger partial charge in [-0.15, -0.1) is 19.2 Å². The Morgan fingerprint density at radius 3 is 2.71 bits per heavy atom. The predicted octanol–water partition coefficient (Wildman–Crippen LogP) is 3.10. The summed E-state index contributed by atoms with van der Waals surface area (Å²) >= 11 is 4.05. The Bertz CT molecular complexity index is 330. The monoisotopic (exact) mass is 252 g/mol. The molecule has 0 aliphatic carbocycles. The van der Waals surface area contributed by atoms with Gasteiger partial charge in [-0.2, -0.15) is 4.98 Å². The first kappa shape index (κ1) is 14.0. The topological polar surface area (TPSA) is 50.7 Å². The second-order valence-electron chi connectivity index (χ2n) is 3.88. The quantitative estimate of drug-likeness (QED) is 0.403. The zero-order valence-corrected chi connectivity index (χ0v) is 11.0. The number of nitrogens with one attached hydrogen (secondary N) is 1. The molecule has 0 fully saturated rings. The van der Waals surface area contributed by atoms with Crippen LogP contribution >= 0.6 is 12.6 Å². The van der Waals surface area contributed by atoms with Crippen LogP contribution in [0.5, 0.6) is 0 Å². The second kappa shape index (κ2) is 8.98. The van der Waals surface area contributed by atoms with Gasteiger partial charge < -0.3 is 5.32 Å². The maximum atomic E-state index is 4.05. The van der Waals surface area contributed by atoms with Crippen molar-refractivity contribution in [2.75, 3.05) is 11.9 Å². The van der Waals surface area contributed by atoms with Crippen LogP contribution in [0, 0.1) is 0 Å². The second-order valence-corrected chi connectivity index (χ2v) is 4.28. The first-order valence-electron chi connectivity index (χ1n) is 6.05. The van der Waals surface area contributed by atoms with Crippen LogP contribution in [-0.4, -0.2) is 21.5 Å². The molecule has 0 radical (unpaired) electrons. The molecule has 0 saturated heterocycles. The van der Waals surface area contributed by atoms with Crippen LogP contribution < -0.4 is 5.32 Å². The van der Waals surface area contributed by atoms with E-state index in [1.165, 1.54) is 32.0 Å². The highest BCUT2D eigenvalue weighted by molar-refractivity contribution is 7.80. The summed E-state index contributed by atoms with van der Waals surface area (Å²) in [7, 11) is 0. The summed E-state index contributed by atoms with van der Waals surface area (Å²) in [6, 6.07) is 0. The van der Waals surface area contributed by atoms with Crippen molar-refractivity contribution in [2.45, 2.75) is 43.7 Å². The van der Waals surface area contributed by atoms with E-state index in [1.807, 2.05) is 6.08 Å². The summed E-state index contributed by atoms with van der Waals surface area (Å²) in [6.45, 7) is 4.61. The number of allylic oxidation sites excluding steroid dienone is 1. The van der Waals surface area contributed by atoms with E-state index in [0.717, 1.165) is 19.4 Å². The predicted molar refractivity (Wildman–Crippen MR) is 73.5 cm³/mol. The number of hydrogen-bond donors (Lipinski definition) is 2. The smallest absolute Gasteiger partial charge is 0.226 e. The molecule has 1 aromatic rings. The van der Waals surface area contributed by atoms with Crippen LogP contribution in [-0.2, 0) is 0 Å². The Balaban J connectivity index is 1.99. The van der Waals surface area contributed by atoms with E-state index in [2.05, 4.69) is 39.5 Å². The molecule has 4 nitrogen and oxygen atoms in total. The summed E-state index contributed by atoms with van der Waals surface area (Å²) < 4.78 is 0. The largest absolute Gasteiger partial charge is 0.354 e. The minimum absolute atomic E-state index is 0.451. The number of anilines is 1. The molecule has 1 rings (SSSR count). The third-order valence-electron chi connectivity index (χ3n) is 2.43. The van der Waals surface area contributed by atoms with Gasteiger partial charge >= 0.3 is 0 Å². The molecular weight excluding hydrogens is 232 g/mol. The number of hydrogen-bond acceptors (Lipinski definition) is 5. The summed E-state index contributed by atoms with van der Waals surface area (Å²) in [5, 5.41) is 3.61. The van der Waals surface area contributed by atoms with Crippen molar-refractivity contribution in [2.24, 2.45) is 0 Å². The van der Waals surface area contributed by atoms with Gasteiger partial charge in [0, 0.05) is 6.54 Å². The van der Waals surface area contributed by atoms with Gasteiger partial charge in [-0.25, -0.2) is 9.97 Å². The van der Waals surface area contributed by atoms with Crippen LogP contribution in [0.1, 0.15) is 38.5 Å². The average molecular weight is 252 g/mol. The van der Waals surface area contributed by atoms with Crippen LogP contribution in [0.15, 0.2) is 24.1 Å². The third kappa shape index (κ3) is 6.94. The maximum absolute atomic E-state index is 4.05. The average Bonchev–Trinajstić information content (AvgIpc) is 2.33. The molecule has 0 aromatic carbocycles. The van der Waals surface area contributed by atoms with E-state index in [9.17, 15) is 0 Å². The molecule has 5 heteroatoms. The molecule has 94 valence electrons. The van der Waals surface area contributed by atoms with Gasteiger partial charge in [0.15, 0.2) is 5.16 Å². The van der Waals surface area contributed by atoms with Gasteiger partial charge in [-0.1, -0.05) is 25.3 Å². The minimum Gasteiger partial charge on any atom is -0.354 e. The van der Waals surface area contributed by atoms with Crippen molar-refractivity contribution >= 4 is 18.6 Å². The number of rotatable bonds is 9. The van der Waals surface area contributed by atoms with E-state index in [1.54, 1.807) is 0 Å². The van der Waals surface area contributed by atoms with Gasteiger partial charge in [0.05, 0.1) is 0 Å². The first-order valence-corrected chi connectivity index (χ1v) is 6.50. The molecule has 1 heterocycles. The minimum atomic E-state index is 0.451. The molecule has 1 N–H and O–H groups in total. The SMILES string of the molecule is C=CCCCCCCCNc1ncnc(S)n1. The lowest BCUT2D eigenvalue weighted by Gasteiger charge is -2.04. The Hall–Kier alpha value is -1.10. The molecule has 0 unspecified atom stereocenters. The van der Waals surface area contributed by atoms with Crippen molar-refractivity contribution in [1.82, 2.24) is 15.0 Å². The number of unbranched alkanes of at least 4 members (excludes halogenated alkanes) is 5. The fourth-order valence-electron chi connectivity index (χ4n) is 1.52. The molecule has 0 aliphatic rings. The van der Waals surface area contributed by atoms with Crippen LogP contribution in [0.4, 0.5) is 5.95 Å². The summed E-state index contributed by atoms with van der Waals surface area (Å²) in [6.07, 6.45) is 10.8. The van der Waals surface area contributed by atoms with Crippen molar-refractivity contribution < 1.29 is 0 Å². The van der Waals surface area contributed by atoms with Gasteiger partial charge in [0.2, 0.25) is 5.95 Å². The Morgan fingerprint density at radius 2 is 1.94 bits per heavy atom. The highest BCUT2D eigenvalue weighted by Crippen LogP contribution is 2.06. The van der Waals surface area contributed by atoms with Gasteiger partial charge in [-0.05, 0) is 19.3 Å². The molecule has 0 saturated carbocycles. The lowest BCUT2D eigenvalue weighted by Crippen LogP contribution is -2.05. The molecule has 0 spiro atoms. The van der Waals surface area contributed by atoms with E-state index in [0.29, 0.717) is 11.1 Å². The van der Waals surface area contributed by atoms with E-state index in [4.69, 9.17) is 0 Å². The number of nitrogens with zero attached hydrogens (tertiary/aromatic N) is 3. The van der Waals surface area contributed by atoms with Crippen molar-refractivity contribution in [3.05, 3.63) is 19.0 Å². The maximum Gasteiger partial charge on any atom is 0.226 e. The molecule has 0 amide bonds. The summed E-state index contributed by atoms with van der Waals surface area (Å²) in [4.78, 5) is 11.9. The van der Waals surface area contributed by atoms with Gasteiger partial charge in [0.1, 0.15) is 6.33 Å². The van der Waals surface area contributed by atoms with Crippen LogP contribution in [0.3, 0.4) is 0 Å². The fraction of sp³-hybridized carbons (Fsp3) is 0.583. The molecule has 1 aromatic heterocycles.